The van der Waals surface area contributed by atoms with Crippen LogP contribution < -0.4 is 4.74 Å². The van der Waals surface area contributed by atoms with E-state index in [9.17, 15) is 36.8 Å². The number of rotatable bonds is 5. The van der Waals surface area contributed by atoms with E-state index >= 15 is 0 Å². The first kappa shape index (κ1) is 19.5. The van der Waals surface area contributed by atoms with Crippen LogP contribution in [0.5, 0.6) is 11.5 Å². The number of hydrogen-bond donors (Lipinski definition) is 1. The molecule has 7 nitrogen and oxygen atoms in total. The quantitative estimate of drug-likeness (QED) is 0.619. The minimum Gasteiger partial charge on any atom is -0.500 e. The van der Waals surface area contributed by atoms with Crippen molar-refractivity contribution in [3.63, 3.8) is 0 Å². The average Bonchev–Trinajstić information content (AvgIpc) is 2.53. The monoisotopic (exact) mass is 391 g/mol. The number of nitrogens with zero attached hydrogens (tertiary/aromatic N) is 1. The first-order chi connectivity index (χ1) is 12.0. The van der Waals surface area contributed by atoms with Crippen LogP contribution in [0.1, 0.15) is 11.1 Å². The fourth-order valence-corrected chi connectivity index (χ4v) is 3.51. The maximum Gasteiger partial charge on any atom is 0.416 e. The first-order valence-corrected chi connectivity index (χ1v) is 8.55. The van der Waals surface area contributed by atoms with Gasteiger partial charge in [0.1, 0.15) is 0 Å². The summed E-state index contributed by atoms with van der Waals surface area (Å²) < 4.78 is 67.3. The van der Waals surface area contributed by atoms with E-state index in [2.05, 4.69) is 0 Å². The third-order valence-corrected chi connectivity index (χ3v) is 5.11. The highest BCUT2D eigenvalue weighted by molar-refractivity contribution is 7.90. The topological polar surface area (TPSA) is 107 Å². The van der Waals surface area contributed by atoms with E-state index in [0.717, 1.165) is 37.4 Å². The molecule has 0 amide bonds. The normalized spacial score (nSPS) is 12.0. The number of alkyl halides is 3. The molecule has 1 N–H and O–H groups in total. The van der Waals surface area contributed by atoms with Crippen molar-refractivity contribution in [2.75, 3.05) is 7.11 Å². The Balaban J connectivity index is 2.42. The number of ether oxygens (including phenoxy) is 1. The Labute approximate surface area is 145 Å². The summed E-state index contributed by atoms with van der Waals surface area (Å²) in [4.78, 5) is 9.47. The van der Waals surface area contributed by atoms with Gasteiger partial charge >= 0.3 is 11.9 Å². The summed E-state index contributed by atoms with van der Waals surface area (Å²) >= 11 is 0. The second kappa shape index (κ2) is 6.83. The smallest absolute Gasteiger partial charge is 0.416 e. The van der Waals surface area contributed by atoms with Crippen LogP contribution in [0.2, 0.25) is 0 Å². The average molecular weight is 391 g/mol. The Morgan fingerprint density at radius 1 is 1.19 bits per heavy atom. The largest absolute Gasteiger partial charge is 0.500 e. The Bertz CT molecular complexity index is 939. The molecule has 140 valence electrons. The molecule has 2 aromatic rings. The lowest BCUT2D eigenvalue weighted by Gasteiger charge is -2.10. The molecule has 0 aliphatic heterocycles. The summed E-state index contributed by atoms with van der Waals surface area (Å²) in [5.41, 5.74) is -1.73. The van der Waals surface area contributed by atoms with Crippen LogP contribution in [0.4, 0.5) is 18.9 Å². The number of benzene rings is 2. The first-order valence-electron chi connectivity index (χ1n) is 6.90. The zero-order valence-corrected chi connectivity index (χ0v) is 14.0. The Morgan fingerprint density at radius 3 is 2.23 bits per heavy atom. The molecule has 0 saturated heterocycles. The Hall–Kier alpha value is -2.82. The van der Waals surface area contributed by atoms with Crippen molar-refractivity contribution in [2.24, 2.45) is 0 Å². The van der Waals surface area contributed by atoms with E-state index in [4.69, 9.17) is 4.74 Å². The molecule has 0 unspecified atom stereocenters. The van der Waals surface area contributed by atoms with Crippen LogP contribution >= 0.6 is 0 Å². The van der Waals surface area contributed by atoms with Gasteiger partial charge in [0.25, 0.3) is 0 Å². The van der Waals surface area contributed by atoms with Crippen LogP contribution in [0, 0.1) is 10.1 Å². The van der Waals surface area contributed by atoms with Crippen LogP contribution in [0.15, 0.2) is 41.3 Å². The molecular formula is C15H12F3NO6S. The molecule has 2 aromatic carbocycles. The van der Waals surface area contributed by atoms with Crippen molar-refractivity contribution in [2.45, 2.75) is 16.8 Å². The van der Waals surface area contributed by atoms with Gasteiger partial charge in [-0.15, -0.1) is 0 Å². The van der Waals surface area contributed by atoms with Crippen molar-refractivity contribution in [1.82, 2.24) is 0 Å². The summed E-state index contributed by atoms with van der Waals surface area (Å²) in [6.07, 6.45) is -4.55. The Kier molecular flexibility index (Phi) is 5.12. The van der Waals surface area contributed by atoms with E-state index < -0.39 is 54.3 Å². The lowest BCUT2D eigenvalue weighted by Crippen LogP contribution is -2.08. The molecule has 0 fully saturated rings. The molecule has 2 rings (SSSR count). The second-order valence-electron chi connectivity index (χ2n) is 5.20. The fraction of sp³-hybridized carbons (Fsp3) is 0.200. The van der Waals surface area contributed by atoms with Crippen molar-refractivity contribution < 1.29 is 36.4 Å². The zero-order chi connectivity index (χ0) is 19.7. The van der Waals surface area contributed by atoms with Crippen LogP contribution in [-0.2, 0) is 21.8 Å². The van der Waals surface area contributed by atoms with Crippen molar-refractivity contribution >= 4 is 15.5 Å². The number of phenolic OH excluding ortho intramolecular Hbond substituents is 1. The minimum atomic E-state index is -4.55. The third kappa shape index (κ3) is 4.04. The van der Waals surface area contributed by atoms with Gasteiger partial charge in [-0.25, -0.2) is 8.42 Å². The maximum atomic E-state index is 12.5. The molecule has 0 bridgehead atoms. The minimum absolute atomic E-state index is 0.0627. The molecule has 0 atom stereocenters. The zero-order valence-electron chi connectivity index (χ0n) is 13.1. The van der Waals surface area contributed by atoms with E-state index in [1.54, 1.807) is 0 Å². The number of hydrogen-bond acceptors (Lipinski definition) is 6. The van der Waals surface area contributed by atoms with E-state index in [1.165, 1.54) is 0 Å². The molecular weight excluding hydrogens is 379 g/mol. The number of sulfone groups is 1. The fourth-order valence-electron chi connectivity index (χ4n) is 2.14. The molecule has 0 heterocycles. The van der Waals surface area contributed by atoms with Crippen molar-refractivity contribution in [3.05, 3.63) is 57.6 Å². The van der Waals surface area contributed by atoms with Crippen molar-refractivity contribution in [3.8, 4) is 11.5 Å². The molecule has 0 aliphatic carbocycles. The standard InChI is InChI=1S/C15H12F3NO6S/c1-25-13-7-11(6-12(14(13)20)19(21)22)26(23,24)8-9-2-4-10(5-3-9)15(16,17)18/h2-7,20H,8H2,1H3. The van der Waals surface area contributed by atoms with Gasteiger partial charge in [0.2, 0.25) is 5.75 Å². The molecule has 26 heavy (non-hydrogen) atoms. The number of nitro benzene ring substituents is 1. The van der Waals surface area contributed by atoms with Gasteiger partial charge in [-0.2, -0.15) is 13.2 Å². The lowest BCUT2D eigenvalue weighted by molar-refractivity contribution is -0.386. The van der Waals surface area contributed by atoms with E-state index in [-0.39, 0.29) is 5.56 Å². The Morgan fingerprint density at radius 2 is 1.77 bits per heavy atom. The van der Waals surface area contributed by atoms with E-state index in [0.29, 0.717) is 6.07 Å². The van der Waals surface area contributed by atoms with Gasteiger partial charge in [0, 0.05) is 12.1 Å². The third-order valence-electron chi connectivity index (χ3n) is 3.44. The maximum absolute atomic E-state index is 12.5. The van der Waals surface area contributed by atoms with E-state index in [1.807, 2.05) is 0 Å². The summed E-state index contributed by atoms with van der Waals surface area (Å²) in [5, 5.41) is 20.6. The summed E-state index contributed by atoms with van der Waals surface area (Å²) in [6, 6.07) is 5.06. The highest BCUT2D eigenvalue weighted by Gasteiger charge is 2.30. The van der Waals surface area contributed by atoms with Gasteiger partial charge in [0.15, 0.2) is 15.6 Å². The van der Waals surface area contributed by atoms with Crippen LogP contribution in [-0.4, -0.2) is 25.6 Å². The number of halogens is 3. The van der Waals surface area contributed by atoms with Crippen LogP contribution in [0.25, 0.3) is 0 Å². The van der Waals surface area contributed by atoms with Crippen molar-refractivity contribution in [1.29, 1.82) is 0 Å². The summed E-state index contributed by atoms with van der Waals surface area (Å²) in [7, 11) is -3.06. The van der Waals surface area contributed by atoms with Gasteiger partial charge in [-0.3, -0.25) is 10.1 Å². The molecule has 11 heteroatoms. The summed E-state index contributed by atoms with van der Waals surface area (Å²) in [6.45, 7) is 0. The number of methoxy groups -OCH3 is 1. The highest BCUT2D eigenvalue weighted by atomic mass is 32.2. The van der Waals surface area contributed by atoms with Gasteiger partial charge in [-0.05, 0) is 17.7 Å². The second-order valence-corrected chi connectivity index (χ2v) is 7.19. The molecule has 0 aliphatic rings. The lowest BCUT2D eigenvalue weighted by atomic mass is 10.1. The molecule has 0 spiro atoms. The van der Waals surface area contributed by atoms with Gasteiger partial charge < -0.3 is 9.84 Å². The van der Waals surface area contributed by atoms with Gasteiger partial charge in [-0.1, -0.05) is 12.1 Å². The predicted molar refractivity (Wildman–Crippen MR) is 83.6 cm³/mol. The van der Waals surface area contributed by atoms with Crippen LogP contribution in [0.3, 0.4) is 0 Å². The summed E-state index contributed by atoms with van der Waals surface area (Å²) in [5.74, 6) is -1.92. The number of aromatic hydroxyl groups is 1. The van der Waals surface area contributed by atoms with Gasteiger partial charge in [0.05, 0.1) is 28.2 Å². The molecule has 0 radical (unpaired) electrons. The molecule has 0 aromatic heterocycles. The predicted octanol–water partition coefficient (Wildman–Crippen LogP) is 3.30. The number of nitro groups is 1. The SMILES string of the molecule is COc1cc(S(=O)(=O)Cc2ccc(C(F)(F)F)cc2)cc([N+](=O)[O-])c1O. The number of phenols is 1. The highest BCUT2D eigenvalue weighted by Crippen LogP contribution is 2.39. The molecule has 0 saturated carbocycles.